The molecule has 4 aromatic heterocycles. The van der Waals surface area contributed by atoms with Crippen LogP contribution < -0.4 is 25.8 Å². The summed E-state index contributed by atoms with van der Waals surface area (Å²) in [5.74, 6) is 1.12. The molecule has 61 heavy (non-hydrogen) atoms. The normalized spacial score (nSPS) is 10.6. The highest BCUT2D eigenvalue weighted by Gasteiger charge is 2.15. The number of rotatable bonds is 11. The molecule has 0 spiro atoms. The van der Waals surface area contributed by atoms with Crippen LogP contribution in [0.1, 0.15) is 46.1 Å². The Morgan fingerprint density at radius 3 is 1.56 bits per heavy atom. The van der Waals surface area contributed by atoms with Gasteiger partial charge in [0.15, 0.2) is 0 Å². The maximum atomic E-state index is 9.63. The van der Waals surface area contributed by atoms with E-state index < -0.39 is 0 Å². The van der Waals surface area contributed by atoms with E-state index in [0.717, 1.165) is 56.6 Å². The monoisotopic (exact) mass is 843 g/mol. The molecule has 4 heterocycles. The number of hydrogen-bond donors (Lipinski definition) is 3. The van der Waals surface area contributed by atoms with E-state index >= 15 is 0 Å². The largest absolute Gasteiger partial charge is 0.486 e. The van der Waals surface area contributed by atoms with E-state index in [9.17, 15) is 10.5 Å². The number of nitrogens with two attached hydrogens (primary N) is 1. The van der Waals surface area contributed by atoms with Gasteiger partial charge in [-0.05, 0) is 122 Å². The second-order valence-electron chi connectivity index (χ2n) is 14.0. The van der Waals surface area contributed by atoms with Gasteiger partial charge in [0.2, 0.25) is 0 Å². The lowest BCUT2D eigenvalue weighted by molar-refractivity contribution is 0.301. The smallest absolute Gasteiger partial charge is 0.138 e. The highest BCUT2D eigenvalue weighted by atomic mass is 35.5. The van der Waals surface area contributed by atoms with E-state index in [-0.39, 0.29) is 0 Å². The van der Waals surface area contributed by atoms with Crippen LogP contribution >= 0.6 is 23.2 Å². The van der Waals surface area contributed by atoms with Crippen LogP contribution in [0, 0.1) is 36.5 Å². The predicted molar refractivity (Wildman–Crippen MR) is 243 cm³/mol. The number of nitriles is 2. The third kappa shape index (κ3) is 9.89. The summed E-state index contributed by atoms with van der Waals surface area (Å²) in [6.07, 6.45) is 7.50. The Kier molecular flexibility index (Phi) is 13.1. The van der Waals surface area contributed by atoms with Crippen LogP contribution in [-0.2, 0) is 19.6 Å². The van der Waals surface area contributed by atoms with E-state index in [1.807, 2.05) is 73.7 Å². The van der Waals surface area contributed by atoms with Crippen molar-refractivity contribution < 1.29 is 9.47 Å². The van der Waals surface area contributed by atoms with Gasteiger partial charge in [0, 0.05) is 52.6 Å². The Bertz CT molecular complexity index is 2950. The minimum atomic E-state index is 0.319. The zero-order chi connectivity index (χ0) is 42.9. The van der Waals surface area contributed by atoms with Gasteiger partial charge in [-0.2, -0.15) is 10.5 Å². The summed E-state index contributed by atoms with van der Waals surface area (Å²) in [6, 6.07) is 34.5. The lowest BCUT2D eigenvalue weighted by Gasteiger charge is -2.15. The molecule has 8 aromatic rings. The molecule has 0 saturated heterocycles. The number of pyridine rings is 4. The molecule has 0 aliphatic rings. The molecule has 302 valence electrons. The molecule has 4 aromatic carbocycles. The van der Waals surface area contributed by atoms with Crippen LogP contribution in [-0.4, -0.2) is 19.9 Å². The molecule has 0 radical (unpaired) electrons. The molecular formula is C48H39Cl2N9O2. The number of nitrogen functional groups attached to an aromatic ring is 1. The van der Waals surface area contributed by atoms with E-state index in [1.54, 1.807) is 43.0 Å². The summed E-state index contributed by atoms with van der Waals surface area (Å²) < 4.78 is 11.6. The van der Waals surface area contributed by atoms with Crippen molar-refractivity contribution in [2.45, 2.75) is 40.4 Å². The first kappa shape index (κ1) is 41.7. The van der Waals surface area contributed by atoms with Crippen LogP contribution in [0.4, 0.5) is 28.4 Å². The minimum absolute atomic E-state index is 0.319. The fourth-order valence-corrected chi connectivity index (χ4v) is 6.99. The van der Waals surface area contributed by atoms with Crippen molar-refractivity contribution in [3.63, 3.8) is 0 Å². The number of ether oxygens (including phenoxy) is 2. The number of anilines is 5. The van der Waals surface area contributed by atoms with Gasteiger partial charge in [0.05, 0.1) is 55.0 Å². The van der Waals surface area contributed by atoms with E-state index in [4.69, 9.17) is 38.4 Å². The van der Waals surface area contributed by atoms with Gasteiger partial charge in [-0.3, -0.25) is 19.9 Å². The van der Waals surface area contributed by atoms with Gasteiger partial charge < -0.3 is 25.8 Å². The number of hydrogen-bond acceptors (Lipinski definition) is 11. The Morgan fingerprint density at radius 1 is 0.623 bits per heavy atom. The Morgan fingerprint density at radius 2 is 1.11 bits per heavy atom. The number of halogens is 2. The first-order chi connectivity index (χ1) is 29.6. The molecule has 0 amide bonds. The van der Waals surface area contributed by atoms with Crippen LogP contribution in [0.25, 0.3) is 21.8 Å². The predicted octanol–water partition coefficient (Wildman–Crippen LogP) is 11.7. The lowest BCUT2D eigenvalue weighted by atomic mass is 10.0. The number of nitrogens with zero attached hydrogens (tertiary/aromatic N) is 6. The van der Waals surface area contributed by atoms with Crippen molar-refractivity contribution in [1.29, 1.82) is 10.5 Å². The molecule has 0 bridgehead atoms. The van der Waals surface area contributed by atoms with E-state index in [2.05, 4.69) is 68.7 Å². The second-order valence-corrected chi connectivity index (χ2v) is 14.8. The van der Waals surface area contributed by atoms with Crippen LogP contribution in [0.15, 0.2) is 122 Å². The first-order valence-electron chi connectivity index (χ1n) is 19.2. The molecule has 8 rings (SSSR count). The summed E-state index contributed by atoms with van der Waals surface area (Å²) in [7, 11) is 0. The first-order valence-corrected chi connectivity index (χ1v) is 20.0. The third-order valence-electron chi connectivity index (χ3n) is 9.81. The maximum absolute atomic E-state index is 9.63. The zero-order valence-corrected chi connectivity index (χ0v) is 35.0. The number of fused-ring (bicyclic) bond motifs is 2. The molecule has 0 unspecified atom stereocenters. The molecule has 4 N–H and O–H groups in total. The van der Waals surface area contributed by atoms with Crippen molar-refractivity contribution in [2.24, 2.45) is 0 Å². The Labute approximate surface area is 363 Å². The van der Waals surface area contributed by atoms with Crippen molar-refractivity contribution in [3.8, 4) is 23.6 Å². The van der Waals surface area contributed by atoms with Gasteiger partial charge in [0.1, 0.15) is 36.9 Å². The standard InChI is InChI=1S/C25H21ClN4O.C23H18ClN5O/c1-3-17-11-21-23(10-16(17)2)29-14-18(13-27)25(21)30-19-7-8-24(22(26)12-19)31-15-20-6-4-5-9-28-20;1-14-8-21-18(10-20(14)26)23(15(11-25)12-28-21)29-16-5-6-22(19(24)9-16)30-13-17-4-2-3-7-27-17/h4-12,14H,3,15H2,1-2H3,(H,29,30);2-10,12H,13,26H2,1H3,(H,28,29). The molecular weight excluding hydrogens is 805 g/mol. The third-order valence-corrected chi connectivity index (χ3v) is 10.4. The summed E-state index contributed by atoms with van der Waals surface area (Å²) in [4.78, 5) is 17.3. The van der Waals surface area contributed by atoms with Gasteiger partial charge in [-0.15, -0.1) is 0 Å². The number of nitrogens with one attached hydrogen (secondary N) is 2. The zero-order valence-electron chi connectivity index (χ0n) is 33.5. The van der Waals surface area contributed by atoms with Crippen molar-refractivity contribution in [2.75, 3.05) is 16.4 Å². The summed E-state index contributed by atoms with van der Waals surface area (Å²) in [6.45, 7) is 6.77. The second kappa shape index (κ2) is 19.1. The van der Waals surface area contributed by atoms with Crippen molar-refractivity contribution in [3.05, 3.63) is 171 Å². The molecule has 0 aliphatic heterocycles. The fraction of sp³-hybridized carbons (Fsp3) is 0.125. The van der Waals surface area contributed by atoms with Gasteiger partial charge in [-0.1, -0.05) is 42.3 Å². The molecule has 0 aliphatic carbocycles. The van der Waals surface area contributed by atoms with E-state index in [0.29, 0.717) is 62.9 Å². The topological polar surface area (TPSA) is 168 Å². The Hall–Kier alpha value is -7.44. The molecule has 0 saturated carbocycles. The molecule has 11 nitrogen and oxygen atoms in total. The Balaban J connectivity index is 0.000000184. The molecule has 0 fully saturated rings. The number of aromatic nitrogens is 4. The average molecular weight is 845 g/mol. The van der Waals surface area contributed by atoms with Gasteiger partial charge in [0.25, 0.3) is 0 Å². The van der Waals surface area contributed by atoms with Crippen molar-refractivity contribution >= 4 is 73.4 Å². The van der Waals surface area contributed by atoms with Crippen LogP contribution in [0.5, 0.6) is 11.5 Å². The van der Waals surface area contributed by atoms with Gasteiger partial charge in [-0.25, -0.2) is 0 Å². The molecule has 0 atom stereocenters. The molecule has 13 heteroatoms. The lowest BCUT2D eigenvalue weighted by Crippen LogP contribution is -2.00. The van der Waals surface area contributed by atoms with Crippen LogP contribution in [0.2, 0.25) is 10.0 Å². The highest BCUT2D eigenvalue weighted by molar-refractivity contribution is 6.32. The van der Waals surface area contributed by atoms with Crippen LogP contribution in [0.3, 0.4) is 0 Å². The minimum Gasteiger partial charge on any atom is -0.486 e. The highest BCUT2D eigenvalue weighted by Crippen LogP contribution is 2.36. The van der Waals surface area contributed by atoms with Crippen molar-refractivity contribution in [1.82, 2.24) is 19.9 Å². The van der Waals surface area contributed by atoms with E-state index in [1.165, 1.54) is 11.1 Å². The average Bonchev–Trinajstić information content (AvgIpc) is 3.27. The summed E-state index contributed by atoms with van der Waals surface area (Å²) in [5, 5.41) is 28.4. The number of aryl methyl sites for hydroxylation is 3. The number of benzene rings is 4. The fourth-order valence-electron chi connectivity index (χ4n) is 6.52. The summed E-state index contributed by atoms with van der Waals surface area (Å²) >= 11 is 12.9. The quantitative estimate of drug-likeness (QED) is 0.106. The summed E-state index contributed by atoms with van der Waals surface area (Å²) in [5.41, 5.74) is 17.0. The SMILES string of the molecule is CCc1cc2c(Nc3ccc(OCc4ccccn4)c(Cl)c3)c(C#N)cnc2cc1C.Cc1cc2ncc(C#N)c(Nc3ccc(OCc4ccccn4)c(Cl)c3)c2cc1N. The van der Waals surface area contributed by atoms with Gasteiger partial charge >= 0.3 is 0 Å². The maximum Gasteiger partial charge on any atom is 0.138 e.